The van der Waals surface area contributed by atoms with Gasteiger partial charge in [0.1, 0.15) is 5.15 Å². The molecule has 1 heterocycles. The van der Waals surface area contributed by atoms with Crippen molar-refractivity contribution in [3.63, 3.8) is 0 Å². The fourth-order valence-electron chi connectivity index (χ4n) is 1.68. The Labute approximate surface area is 124 Å². The van der Waals surface area contributed by atoms with Gasteiger partial charge in [-0.25, -0.2) is 4.98 Å². The minimum absolute atomic E-state index is 0.0280. The van der Waals surface area contributed by atoms with Gasteiger partial charge in [0.25, 0.3) is 5.91 Å². The molecule has 0 unspecified atom stereocenters. The van der Waals surface area contributed by atoms with Crippen LogP contribution in [0.5, 0.6) is 0 Å². The normalized spacial score (nSPS) is 10.2. The second kappa shape index (κ2) is 7.85. The topological polar surface area (TPSA) is 62.3 Å². The first-order valence-electron chi connectivity index (χ1n) is 6.66. The molecule has 0 aliphatic rings. The van der Waals surface area contributed by atoms with Crippen molar-refractivity contribution in [1.82, 2.24) is 15.2 Å². The summed E-state index contributed by atoms with van der Waals surface area (Å²) in [7, 11) is 1.59. The summed E-state index contributed by atoms with van der Waals surface area (Å²) in [4.78, 5) is 29.3. The van der Waals surface area contributed by atoms with Crippen LogP contribution in [0.4, 0.5) is 0 Å². The average Bonchev–Trinajstić information content (AvgIpc) is 2.43. The Kier molecular flexibility index (Phi) is 6.45. The van der Waals surface area contributed by atoms with Crippen molar-refractivity contribution >= 4 is 23.4 Å². The van der Waals surface area contributed by atoms with Crippen molar-refractivity contribution in [2.24, 2.45) is 0 Å². The summed E-state index contributed by atoms with van der Waals surface area (Å²) in [6.07, 6.45) is 1.56. The van der Waals surface area contributed by atoms with Gasteiger partial charge in [-0.3, -0.25) is 9.59 Å². The number of amides is 2. The lowest BCUT2D eigenvalue weighted by Gasteiger charge is -2.17. The smallest absolute Gasteiger partial charge is 0.254 e. The molecule has 1 aromatic rings. The van der Waals surface area contributed by atoms with E-state index in [2.05, 4.69) is 10.3 Å². The fraction of sp³-hybridized carbons (Fsp3) is 0.500. The lowest BCUT2D eigenvalue weighted by molar-refractivity contribution is -0.121. The van der Waals surface area contributed by atoms with Crippen molar-refractivity contribution in [2.75, 3.05) is 20.1 Å². The molecule has 1 aromatic heterocycles. The summed E-state index contributed by atoms with van der Waals surface area (Å²) in [6, 6.07) is 3.22. The quantitative estimate of drug-likeness (QED) is 0.816. The highest BCUT2D eigenvalue weighted by Crippen LogP contribution is 2.13. The number of pyridine rings is 1. The second-order valence-electron chi connectivity index (χ2n) is 4.53. The molecule has 0 saturated carbocycles. The van der Waals surface area contributed by atoms with Crippen molar-refractivity contribution in [2.45, 2.75) is 26.7 Å². The minimum Gasteiger partial charge on any atom is -0.355 e. The molecule has 0 bridgehead atoms. The molecule has 0 aliphatic carbocycles. The van der Waals surface area contributed by atoms with E-state index in [9.17, 15) is 9.59 Å². The Bertz CT molecular complexity index is 491. The van der Waals surface area contributed by atoms with E-state index in [1.807, 2.05) is 13.8 Å². The summed E-state index contributed by atoms with van der Waals surface area (Å²) in [5.41, 5.74) is 1.21. The number of halogens is 1. The number of carbonyl (C=O) groups is 2. The maximum absolute atomic E-state index is 12.2. The van der Waals surface area contributed by atoms with Crippen LogP contribution in [0, 0.1) is 0 Å². The lowest BCUT2D eigenvalue weighted by Crippen LogP contribution is -2.38. The summed E-state index contributed by atoms with van der Waals surface area (Å²) in [5.74, 6) is -0.408. The molecule has 5 nitrogen and oxygen atoms in total. The maximum Gasteiger partial charge on any atom is 0.254 e. The molecule has 6 heteroatoms. The zero-order chi connectivity index (χ0) is 15.1. The number of rotatable bonds is 6. The summed E-state index contributed by atoms with van der Waals surface area (Å²) in [5, 5.41) is 3.02. The average molecular weight is 298 g/mol. The molecule has 0 fully saturated rings. The Morgan fingerprint density at radius 1 is 1.35 bits per heavy atom. The molecule has 1 rings (SSSR count). The Morgan fingerprint density at radius 2 is 2.05 bits per heavy atom. The molecular formula is C14H20ClN3O2. The molecule has 2 amide bonds. The summed E-state index contributed by atoms with van der Waals surface area (Å²) in [6.45, 7) is 4.55. The molecule has 20 heavy (non-hydrogen) atoms. The third-order valence-corrected chi connectivity index (χ3v) is 2.95. The highest BCUT2D eigenvalue weighted by molar-refractivity contribution is 6.29. The first-order chi connectivity index (χ1) is 9.47. The van der Waals surface area contributed by atoms with Crippen LogP contribution < -0.4 is 5.32 Å². The molecule has 0 atom stereocenters. The molecule has 0 saturated heterocycles. The number of aromatic nitrogens is 1. The van der Waals surface area contributed by atoms with Gasteiger partial charge in [-0.05, 0) is 25.0 Å². The molecule has 0 radical (unpaired) electrons. The van der Waals surface area contributed by atoms with E-state index in [1.54, 1.807) is 13.1 Å². The molecule has 0 aromatic carbocycles. The number of nitrogens with one attached hydrogen (secondary N) is 1. The van der Waals surface area contributed by atoms with Gasteiger partial charge in [0.15, 0.2) is 0 Å². The zero-order valence-electron chi connectivity index (χ0n) is 12.1. The van der Waals surface area contributed by atoms with Gasteiger partial charge in [-0.15, -0.1) is 0 Å². The van der Waals surface area contributed by atoms with Crippen LogP contribution in [0.2, 0.25) is 5.15 Å². The van der Waals surface area contributed by atoms with Gasteiger partial charge < -0.3 is 10.2 Å². The highest BCUT2D eigenvalue weighted by atomic mass is 35.5. The third-order valence-electron chi connectivity index (χ3n) is 2.76. The molecule has 0 aliphatic heterocycles. The van der Waals surface area contributed by atoms with E-state index in [-0.39, 0.29) is 23.5 Å². The van der Waals surface area contributed by atoms with Crippen LogP contribution in [-0.2, 0) is 11.2 Å². The second-order valence-corrected chi connectivity index (χ2v) is 4.92. The van der Waals surface area contributed by atoms with Crippen LogP contribution in [0.25, 0.3) is 0 Å². The first-order valence-corrected chi connectivity index (χ1v) is 7.04. The maximum atomic E-state index is 12.2. The first kappa shape index (κ1) is 16.4. The van der Waals surface area contributed by atoms with Crippen molar-refractivity contribution in [1.29, 1.82) is 0 Å². The number of hydrogen-bond donors (Lipinski definition) is 1. The van der Waals surface area contributed by atoms with Crippen LogP contribution in [0.1, 0.15) is 36.3 Å². The van der Waals surface area contributed by atoms with Gasteiger partial charge in [0.05, 0.1) is 6.54 Å². The van der Waals surface area contributed by atoms with Crippen molar-refractivity contribution in [3.8, 4) is 0 Å². The Balaban J connectivity index is 2.73. The van der Waals surface area contributed by atoms with E-state index in [0.29, 0.717) is 18.5 Å². The summed E-state index contributed by atoms with van der Waals surface area (Å²) < 4.78 is 0. The number of aryl methyl sites for hydroxylation is 1. The standard InChI is InChI=1S/C14H20ClN3O2/c1-4-6-16-13(19)9-18(3)14(20)10-7-11(5-2)17-12(15)8-10/h7-8H,4-6,9H2,1-3H3,(H,16,19). The monoisotopic (exact) mass is 297 g/mol. The Hall–Kier alpha value is -1.62. The van der Waals surface area contributed by atoms with Gasteiger partial charge in [0, 0.05) is 24.8 Å². The molecule has 110 valence electrons. The highest BCUT2D eigenvalue weighted by Gasteiger charge is 2.16. The van der Waals surface area contributed by atoms with Crippen molar-refractivity contribution in [3.05, 3.63) is 28.5 Å². The van der Waals surface area contributed by atoms with Crippen LogP contribution in [0.15, 0.2) is 12.1 Å². The minimum atomic E-state index is -0.240. The van der Waals surface area contributed by atoms with Crippen LogP contribution in [-0.4, -0.2) is 41.8 Å². The van der Waals surface area contributed by atoms with E-state index < -0.39 is 0 Å². The zero-order valence-corrected chi connectivity index (χ0v) is 12.8. The van der Waals surface area contributed by atoms with E-state index in [0.717, 1.165) is 12.1 Å². The number of nitrogens with zero attached hydrogens (tertiary/aromatic N) is 2. The Morgan fingerprint density at radius 3 is 2.65 bits per heavy atom. The van der Waals surface area contributed by atoms with Crippen molar-refractivity contribution < 1.29 is 9.59 Å². The van der Waals surface area contributed by atoms with E-state index in [1.165, 1.54) is 11.0 Å². The molecule has 1 N–H and O–H groups in total. The fourth-order valence-corrected chi connectivity index (χ4v) is 1.91. The largest absolute Gasteiger partial charge is 0.355 e. The SMILES string of the molecule is CCCNC(=O)CN(C)C(=O)c1cc(Cl)nc(CC)c1. The van der Waals surface area contributed by atoms with E-state index >= 15 is 0 Å². The molecule has 0 spiro atoms. The predicted molar refractivity (Wildman–Crippen MR) is 78.9 cm³/mol. The van der Waals surface area contributed by atoms with Gasteiger partial charge in [0.2, 0.25) is 5.91 Å². The van der Waals surface area contributed by atoms with Gasteiger partial charge in [-0.2, -0.15) is 0 Å². The number of hydrogen-bond acceptors (Lipinski definition) is 3. The lowest BCUT2D eigenvalue weighted by atomic mass is 10.2. The number of likely N-dealkylation sites (N-methyl/N-ethyl adjacent to an activating group) is 1. The predicted octanol–water partition coefficient (Wildman–Crippen LogP) is 1.90. The van der Waals surface area contributed by atoms with Gasteiger partial charge >= 0.3 is 0 Å². The summed E-state index contributed by atoms with van der Waals surface area (Å²) >= 11 is 5.89. The van der Waals surface area contributed by atoms with Crippen LogP contribution in [0.3, 0.4) is 0 Å². The number of carbonyl (C=O) groups excluding carboxylic acids is 2. The van der Waals surface area contributed by atoms with Crippen LogP contribution >= 0.6 is 11.6 Å². The third kappa shape index (κ3) is 4.81. The van der Waals surface area contributed by atoms with E-state index in [4.69, 9.17) is 11.6 Å². The van der Waals surface area contributed by atoms with Gasteiger partial charge in [-0.1, -0.05) is 25.4 Å². The molecular weight excluding hydrogens is 278 g/mol.